The minimum Gasteiger partial charge on any atom is -0.476 e. The normalized spacial score (nSPS) is 23.3. The number of carbonyl (C=O) groups excluding carboxylic acids is 2. The number of nitrogens with two attached hydrogens (primary N) is 1. The van der Waals surface area contributed by atoms with Crippen molar-refractivity contribution in [3.8, 4) is 17.1 Å². The van der Waals surface area contributed by atoms with Crippen LogP contribution in [0, 0.1) is 17.2 Å². The fraction of sp³-hybridized carbons (Fsp3) is 0.571. The number of halogens is 4. The fourth-order valence-electron chi connectivity index (χ4n) is 5.98. The van der Waals surface area contributed by atoms with E-state index < -0.39 is 41.4 Å². The molecule has 2 amide bonds. The van der Waals surface area contributed by atoms with Gasteiger partial charge in [0, 0.05) is 24.2 Å². The largest absolute Gasteiger partial charge is 0.476 e. The number of hydrogen-bond acceptors (Lipinski definition) is 7. The molecule has 0 spiro atoms. The molecule has 1 aromatic heterocycles. The predicted octanol–water partition coefficient (Wildman–Crippen LogP) is 3.17. The number of hydrogen-bond donors (Lipinski definition) is 2. The zero-order chi connectivity index (χ0) is 29.4. The van der Waals surface area contributed by atoms with Crippen LogP contribution >= 0.6 is 0 Å². The molecule has 13 heteroatoms. The SMILES string of the molecule is NC(=O)C1C(O)CCN1C(=O)c1ccc(-c2cnc(OCC3CCN(CC4(C(F)(F)F)CCC4)CC3)cn2)c(F)c1. The number of aliphatic hydroxyl groups is 1. The fourth-order valence-corrected chi connectivity index (χ4v) is 5.98. The highest BCUT2D eigenvalue weighted by atomic mass is 19.4. The minimum atomic E-state index is -4.16. The maximum absolute atomic E-state index is 15.0. The van der Waals surface area contributed by atoms with Crippen LogP contribution in [0.4, 0.5) is 17.6 Å². The standard InChI is InChI=1S/C28H33F4N5O4/c29-20-12-18(26(40)37-11-6-22(38)24(37)25(33)39)2-3-19(20)21-13-35-23(14-34-21)41-15-17-4-9-36(10-5-17)16-27(7-1-8-27)28(30,31)32/h2-3,12-14,17,22,24,38H,1,4-11,15-16H2,(H2,33,39). The van der Waals surface area contributed by atoms with E-state index in [-0.39, 0.29) is 61.0 Å². The van der Waals surface area contributed by atoms with Crippen molar-refractivity contribution in [3.05, 3.63) is 42.0 Å². The van der Waals surface area contributed by atoms with Crippen molar-refractivity contribution < 1.29 is 37.0 Å². The first-order chi connectivity index (χ1) is 19.5. The molecule has 2 aromatic rings. The van der Waals surface area contributed by atoms with E-state index in [2.05, 4.69) is 9.97 Å². The van der Waals surface area contributed by atoms with Crippen molar-refractivity contribution in [2.75, 3.05) is 32.8 Å². The van der Waals surface area contributed by atoms with Crippen molar-refractivity contribution in [2.24, 2.45) is 17.1 Å². The predicted molar refractivity (Wildman–Crippen MR) is 139 cm³/mol. The van der Waals surface area contributed by atoms with Crippen molar-refractivity contribution in [2.45, 2.75) is 56.8 Å². The number of alkyl halides is 3. The van der Waals surface area contributed by atoms with Gasteiger partial charge in [-0.05, 0) is 69.3 Å². The van der Waals surface area contributed by atoms with Gasteiger partial charge in [0.05, 0.1) is 36.2 Å². The van der Waals surface area contributed by atoms with Crippen LogP contribution in [-0.4, -0.2) is 87.8 Å². The molecule has 1 saturated carbocycles. The molecule has 3 fully saturated rings. The topological polar surface area (TPSA) is 122 Å². The third kappa shape index (κ3) is 6.01. The Balaban J connectivity index is 1.13. The van der Waals surface area contributed by atoms with E-state index in [1.54, 1.807) is 0 Å². The van der Waals surface area contributed by atoms with Crippen LogP contribution in [0.3, 0.4) is 0 Å². The molecule has 3 N–H and O–H groups in total. The summed E-state index contributed by atoms with van der Waals surface area (Å²) < 4.78 is 61.2. The molecule has 2 saturated heterocycles. The third-order valence-electron chi connectivity index (χ3n) is 8.65. The zero-order valence-corrected chi connectivity index (χ0v) is 22.4. The number of likely N-dealkylation sites (tertiary alicyclic amines) is 2. The molecule has 222 valence electrons. The number of piperidine rings is 1. The first kappa shape index (κ1) is 29.2. The molecular weight excluding hydrogens is 546 g/mol. The van der Waals surface area contributed by atoms with Crippen LogP contribution in [0.15, 0.2) is 30.6 Å². The van der Waals surface area contributed by atoms with Crippen LogP contribution in [0.1, 0.15) is 48.9 Å². The van der Waals surface area contributed by atoms with E-state index in [0.29, 0.717) is 26.1 Å². The summed E-state index contributed by atoms with van der Waals surface area (Å²) in [5, 5.41) is 9.96. The second-order valence-electron chi connectivity index (χ2n) is 11.3. The number of amides is 2. The molecule has 9 nitrogen and oxygen atoms in total. The minimum absolute atomic E-state index is 0.00632. The van der Waals surface area contributed by atoms with Gasteiger partial charge in [-0.15, -0.1) is 0 Å². The van der Waals surface area contributed by atoms with Crippen LogP contribution in [0.2, 0.25) is 0 Å². The van der Waals surface area contributed by atoms with Gasteiger partial charge in [-0.2, -0.15) is 13.2 Å². The van der Waals surface area contributed by atoms with E-state index in [1.165, 1.54) is 24.5 Å². The van der Waals surface area contributed by atoms with Gasteiger partial charge in [0.15, 0.2) is 0 Å². The summed E-state index contributed by atoms with van der Waals surface area (Å²) in [4.78, 5) is 36.0. The summed E-state index contributed by atoms with van der Waals surface area (Å²) in [5.41, 5.74) is 4.12. The first-order valence-corrected chi connectivity index (χ1v) is 13.8. The number of aliphatic hydroxyl groups excluding tert-OH is 1. The summed E-state index contributed by atoms with van der Waals surface area (Å²) >= 11 is 0. The molecule has 3 heterocycles. The van der Waals surface area contributed by atoms with Crippen LogP contribution in [0.5, 0.6) is 5.88 Å². The van der Waals surface area contributed by atoms with E-state index >= 15 is 0 Å². The Bertz CT molecular complexity index is 1260. The lowest BCUT2D eigenvalue weighted by molar-refractivity contribution is -0.256. The summed E-state index contributed by atoms with van der Waals surface area (Å²) in [6.45, 7) is 1.74. The van der Waals surface area contributed by atoms with Gasteiger partial charge in [0.2, 0.25) is 11.8 Å². The van der Waals surface area contributed by atoms with Gasteiger partial charge < -0.3 is 25.4 Å². The molecule has 1 aliphatic carbocycles. The summed E-state index contributed by atoms with van der Waals surface area (Å²) in [6, 6.07) is 2.67. The zero-order valence-electron chi connectivity index (χ0n) is 22.4. The molecule has 0 bridgehead atoms. The molecule has 0 radical (unpaired) electrons. The van der Waals surface area contributed by atoms with Crippen molar-refractivity contribution >= 4 is 11.8 Å². The van der Waals surface area contributed by atoms with Crippen LogP contribution in [-0.2, 0) is 4.79 Å². The van der Waals surface area contributed by atoms with Crippen molar-refractivity contribution in [1.82, 2.24) is 19.8 Å². The second kappa shape index (κ2) is 11.5. The maximum atomic E-state index is 15.0. The Morgan fingerprint density at radius 3 is 2.39 bits per heavy atom. The molecule has 2 atom stereocenters. The monoisotopic (exact) mass is 579 g/mol. The molecule has 41 heavy (non-hydrogen) atoms. The highest BCUT2D eigenvalue weighted by Crippen LogP contribution is 2.53. The molecule has 2 unspecified atom stereocenters. The van der Waals surface area contributed by atoms with E-state index in [4.69, 9.17) is 10.5 Å². The van der Waals surface area contributed by atoms with Gasteiger partial charge >= 0.3 is 6.18 Å². The first-order valence-electron chi connectivity index (χ1n) is 13.8. The molecule has 2 aliphatic heterocycles. The number of rotatable bonds is 8. The quantitative estimate of drug-likeness (QED) is 0.461. The number of aromatic nitrogens is 2. The highest BCUT2D eigenvalue weighted by Gasteiger charge is 2.58. The number of carbonyl (C=O) groups is 2. The number of primary amides is 1. The Morgan fingerprint density at radius 2 is 1.83 bits per heavy atom. The lowest BCUT2D eigenvalue weighted by Crippen LogP contribution is -2.53. The van der Waals surface area contributed by atoms with Crippen molar-refractivity contribution in [1.29, 1.82) is 0 Å². The van der Waals surface area contributed by atoms with Crippen molar-refractivity contribution in [3.63, 3.8) is 0 Å². The van der Waals surface area contributed by atoms with E-state index in [9.17, 15) is 32.3 Å². The van der Waals surface area contributed by atoms with E-state index in [0.717, 1.165) is 23.8 Å². The summed E-state index contributed by atoms with van der Waals surface area (Å²) in [7, 11) is 0. The van der Waals surface area contributed by atoms with E-state index in [1.807, 2.05) is 4.90 Å². The van der Waals surface area contributed by atoms with Crippen LogP contribution in [0.25, 0.3) is 11.3 Å². The number of nitrogens with zero attached hydrogens (tertiary/aromatic N) is 4. The van der Waals surface area contributed by atoms with Gasteiger partial charge in [0.1, 0.15) is 11.9 Å². The van der Waals surface area contributed by atoms with Crippen LogP contribution < -0.4 is 10.5 Å². The lowest BCUT2D eigenvalue weighted by atomic mass is 9.67. The molecule has 3 aliphatic rings. The smallest absolute Gasteiger partial charge is 0.395 e. The maximum Gasteiger partial charge on any atom is 0.395 e. The van der Waals surface area contributed by atoms with Gasteiger partial charge in [0.25, 0.3) is 5.91 Å². The summed E-state index contributed by atoms with van der Waals surface area (Å²) in [5.74, 6) is -1.72. The average Bonchev–Trinajstić information content (AvgIpc) is 3.31. The molecule has 5 rings (SSSR count). The lowest BCUT2D eigenvalue weighted by Gasteiger charge is -2.47. The Labute approximate surface area is 234 Å². The van der Waals surface area contributed by atoms with Gasteiger partial charge in [-0.25, -0.2) is 14.4 Å². The summed E-state index contributed by atoms with van der Waals surface area (Å²) in [6.07, 6.45) is 0.208. The molecular formula is C28H33F4N5O4. The number of benzene rings is 1. The highest BCUT2D eigenvalue weighted by molar-refractivity contribution is 5.98. The second-order valence-corrected chi connectivity index (χ2v) is 11.3. The third-order valence-corrected chi connectivity index (χ3v) is 8.65. The Hall–Kier alpha value is -3.32. The van der Waals surface area contributed by atoms with Gasteiger partial charge in [-0.1, -0.05) is 6.42 Å². The Kier molecular flexibility index (Phi) is 8.20. The van der Waals surface area contributed by atoms with Gasteiger partial charge in [-0.3, -0.25) is 9.59 Å². The Morgan fingerprint density at radius 1 is 1.10 bits per heavy atom. The average molecular weight is 580 g/mol. The number of ether oxygens (including phenoxy) is 1. The molecule has 1 aromatic carbocycles.